The monoisotopic (exact) mass is 497 g/mol. The van der Waals surface area contributed by atoms with Gasteiger partial charge in [0.15, 0.2) is 0 Å². The third kappa shape index (κ3) is 5.57. The van der Waals surface area contributed by atoms with Crippen LogP contribution in [0.3, 0.4) is 0 Å². The molecule has 2 N–H and O–H groups in total. The molecule has 1 aromatic heterocycles. The molecule has 7 nitrogen and oxygen atoms in total. The lowest BCUT2D eigenvalue weighted by Crippen LogP contribution is -2.44. The Morgan fingerprint density at radius 2 is 1.79 bits per heavy atom. The first-order chi connectivity index (χ1) is 15.0. The van der Waals surface area contributed by atoms with Gasteiger partial charge in [-0.15, -0.1) is 24.8 Å². The first-order valence-electron chi connectivity index (χ1n) is 11.9. The Kier molecular flexibility index (Phi) is 8.18. The third-order valence-electron chi connectivity index (χ3n) is 8.37. The van der Waals surface area contributed by atoms with Crippen molar-refractivity contribution in [1.82, 2.24) is 25.4 Å². The Bertz CT molecular complexity index is 828. The highest BCUT2D eigenvalue weighted by molar-refractivity contribution is 5.85. The zero-order chi connectivity index (χ0) is 21.5. The lowest BCUT2D eigenvalue weighted by atomic mass is 9.77. The van der Waals surface area contributed by atoms with Crippen LogP contribution in [0.5, 0.6) is 0 Å². The maximum Gasteiger partial charge on any atom is 0.318 e. The van der Waals surface area contributed by atoms with Crippen molar-refractivity contribution in [2.24, 2.45) is 16.7 Å². The molecule has 0 radical (unpaired) electrons. The summed E-state index contributed by atoms with van der Waals surface area (Å²) in [6, 6.07) is 2.03. The molecule has 33 heavy (non-hydrogen) atoms. The highest BCUT2D eigenvalue weighted by atomic mass is 35.5. The van der Waals surface area contributed by atoms with E-state index in [1.165, 1.54) is 12.0 Å². The minimum atomic E-state index is 0. The molecule has 184 valence electrons. The van der Waals surface area contributed by atoms with Gasteiger partial charge in [-0.3, -0.25) is 9.78 Å². The van der Waals surface area contributed by atoms with E-state index in [-0.39, 0.29) is 36.3 Å². The van der Waals surface area contributed by atoms with Crippen LogP contribution in [-0.2, 0) is 17.9 Å². The van der Waals surface area contributed by atoms with Crippen LogP contribution in [0.1, 0.15) is 56.6 Å². The Morgan fingerprint density at radius 1 is 1.09 bits per heavy atom. The number of fused-ring (bicyclic) bond motifs is 1. The number of urea groups is 1. The predicted molar refractivity (Wildman–Crippen MR) is 133 cm³/mol. The van der Waals surface area contributed by atoms with E-state index < -0.39 is 0 Å². The standard InChI is InChI=1S/C24H35N5O2.2ClH/c1-23(3-8-25-9-4-23)13-21(30)28-10-5-24(6-11-28)12-20(24)15-27-22(31)29-16-18-2-7-26-14-19(18)17-29;;/h2,7,14,20,25H,3-6,8-13,15-17H2,1H3,(H,27,31);2*1H. The van der Waals surface area contributed by atoms with Crippen LogP contribution in [0.4, 0.5) is 4.79 Å². The van der Waals surface area contributed by atoms with Crippen molar-refractivity contribution in [2.45, 2.75) is 58.5 Å². The quantitative estimate of drug-likeness (QED) is 0.668. The summed E-state index contributed by atoms with van der Waals surface area (Å²) in [4.78, 5) is 33.6. The fourth-order valence-corrected chi connectivity index (χ4v) is 5.90. The Labute approximate surface area is 209 Å². The summed E-state index contributed by atoms with van der Waals surface area (Å²) in [6.45, 7) is 8.16. The van der Waals surface area contributed by atoms with Gasteiger partial charge in [0.25, 0.3) is 0 Å². The van der Waals surface area contributed by atoms with Gasteiger partial charge in [-0.05, 0) is 79.1 Å². The molecule has 9 heteroatoms. The summed E-state index contributed by atoms with van der Waals surface area (Å²) in [5.74, 6) is 0.898. The van der Waals surface area contributed by atoms with Crippen molar-refractivity contribution >= 4 is 36.8 Å². The Morgan fingerprint density at radius 3 is 2.48 bits per heavy atom. The smallest absolute Gasteiger partial charge is 0.318 e. The van der Waals surface area contributed by atoms with E-state index in [1.54, 1.807) is 6.20 Å². The Hall–Kier alpha value is -1.57. The first-order valence-corrected chi connectivity index (χ1v) is 11.9. The van der Waals surface area contributed by atoms with Gasteiger partial charge in [0.2, 0.25) is 5.91 Å². The maximum atomic E-state index is 12.9. The zero-order valence-electron chi connectivity index (χ0n) is 19.5. The number of nitrogens with one attached hydrogen (secondary N) is 2. The molecule has 4 aliphatic rings. The number of nitrogens with zero attached hydrogens (tertiary/aromatic N) is 3. The molecule has 4 heterocycles. The second-order valence-electron chi connectivity index (χ2n) is 10.6. The average Bonchev–Trinajstić information content (AvgIpc) is 3.24. The largest absolute Gasteiger partial charge is 0.343 e. The zero-order valence-corrected chi connectivity index (χ0v) is 21.1. The molecule has 1 saturated carbocycles. The van der Waals surface area contributed by atoms with Gasteiger partial charge >= 0.3 is 6.03 Å². The van der Waals surface area contributed by atoms with Gasteiger partial charge in [0, 0.05) is 51.5 Å². The van der Waals surface area contributed by atoms with Crippen molar-refractivity contribution in [3.63, 3.8) is 0 Å². The van der Waals surface area contributed by atoms with Crippen molar-refractivity contribution in [2.75, 3.05) is 32.7 Å². The number of aromatic nitrogens is 1. The minimum Gasteiger partial charge on any atom is -0.343 e. The molecular weight excluding hydrogens is 461 g/mol. The molecule has 1 unspecified atom stereocenters. The van der Waals surface area contributed by atoms with E-state index in [4.69, 9.17) is 0 Å². The van der Waals surface area contributed by atoms with E-state index in [2.05, 4.69) is 27.4 Å². The summed E-state index contributed by atoms with van der Waals surface area (Å²) in [7, 11) is 0. The summed E-state index contributed by atoms with van der Waals surface area (Å²) in [5, 5.41) is 6.56. The lowest BCUT2D eigenvalue weighted by Gasteiger charge is -2.38. The van der Waals surface area contributed by atoms with Gasteiger partial charge in [-0.1, -0.05) is 6.92 Å². The average molecular weight is 498 g/mol. The van der Waals surface area contributed by atoms with E-state index >= 15 is 0 Å². The molecule has 0 bridgehead atoms. The number of pyridine rings is 1. The van der Waals surface area contributed by atoms with Crippen LogP contribution in [0, 0.1) is 16.7 Å². The van der Waals surface area contributed by atoms with E-state index in [0.29, 0.717) is 36.8 Å². The summed E-state index contributed by atoms with van der Waals surface area (Å²) in [5.41, 5.74) is 2.86. The van der Waals surface area contributed by atoms with Gasteiger partial charge < -0.3 is 20.4 Å². The molecule has 1 aromatic rings. The number of hydrogen-bond donors (Lipinski definition) is 2. The van der Waals surface area contributed by atoms with Crippen LogP contribution in [0.15, 0.2) is 18.5 Å². The molecule has 3 aliphatic heterocycles. The number of hydrogen-bond acceptors (Lipinski definition) is 4. The highest BCUT2D eigenvalue weighted by Gasteiger charge is 2.55. The van der Waals surface area contributed by atoms with E-state index in [0.717, 1.165) is 64.0 Å². The van der Waals surface area contributed by atoms with Gasteiger partial charge in [0.1, 0.15) is 0 Å². The van der Waals surface area contributed by atoms with Crippen LogP contribution >= 0.6 is 24.8 Å². The number of carbonyl (C=O) groups is 2. The van der Waals surface area contributed by atoms with Gasteiger partial charge in [-0.2, -0.15) is 0 Å². The second kappa shape index (κ2) is 10.4. The number of piperidine rings is 2. The van der Waals surface area contributed by atoms with E-state index in [1.807, 2.05) is 17.2 Å². The van der Waals surface area contributed by atoms with Crippen LogP contribution in [0.25, 0.3) is 0 Å². The summed E-state index contributed by atoms with van der Waals surface area (Å²) in [6.07, 6.45) is 9.87. The number of rotatable bonds is 4. The fraction of sp³-hybridized carbons (Fsp3) is 0.708. The van der Waals surface area contributed by atoms with Crippen molar-refractivity contribution in [3.8, 4) is 0 Å². The molecule has 3 amide bonds. The van der Waals surface area contributed by atoms with Crippen molar-refractivity contribution < 1.29 is 9.59 Å². The van der Waals surface area contributed by atoms with Crippen molar-refractivity contribution in [3.05, 3.63) is 29.6 Å². The number of halogens is 2. The highest BCUT2D eigenvalue weighted by Crippen LogP contribution is 2.59. The lowest BCUT2D eigenvalue weighted by molar-refractivity contribution is -0.135. The van der Waals surface area contributed by atoms with Gasteiger partial charge in [0.05, 0.1) is 0 Å². The molecular formula is C24H37Cl2N5O2. The molecule has 2 saturated heterocycles. The molecule has 1 atom stereocenters. The van der Waals surface area contributed by atoms with Crippen LogP contribution < -0.4 is 10.6 Å². The molecule has 5 rings (SSSR count). The van der Waals surface area contributed by atoms with E-state index in [9.17, 15) is 9.59 Å². The molecule has 3 fully saturated rings. The molecule has 1 aliphatic carbocycles. The van der Waals surface area contributed by atoms with Crippen LogP contribution in [-0.4, -0.2) is 59.4 Å². The molecule has 1 spiro atoms. The third-order valence-corrected chi connectivity index (χ3v) is 8.37. The predicted octanol–water partition coefficient (Wildman–Crippen LogP) is 3.36. The SMILES string of the molecule is CC1(CC(=O)N2CCC3(CC2)CC3CNC(=O)N2Cc3ccncc3C2)CCNCC1.Cl.Cl. The summed E-state index contributed by atoms with van der Waals surface area (Å²) < 4.78 is 0. The normalized spacial score (nSPS) is 24.3. The minimum absolute atomic E-state index is 0. The second-order valence-corrected chi connectivity index (χ2v) is 10.6. The number of likely N-dealkylation sites (tertiary alicyclic amines) is 1. The topological polar surface area (TPSA) is 77.6 Å². The van der Waals surface area contributed by atoms with Gasteiger partial charge in [-0.25, -0.2) is 4.79 Å². The Balaban J connectivity index is 0.00000153. The fourth-order valence-electron chi connectivity index (χ4n) is 5.90. The number of amides is 3. The van der Waals surface area contributed by atoms with Crippen molar-refractivity contribution in [1.29, 1.82) is 0 Å². The number of carbonyl (C=O) groups excluding carboxylic acids is 2. The van der Waals surface area contributed by atoms with Crippen LogP contribution in [0.2, 0.25) is 0 Å². The maximum absolute atomic E-state index is 12.9. The summed E-state index contributed by atoms with van der Waals surface area (Å²) >= 11 is 0. The first kappa shape index (κ1) is 26.0. The molecule has 0 aromatic carbocycles.